The molecule has 0 radical (unpaired) electrons. The molecule has 0 saturated carbocycles. The minimum Gasteiger partial charge on any atom is -0.462 e. The predicted octanol–water partition coefficient (Wildman–Crippen LogP) is 1.65. The molecule has 0 fully saturated rings. The lowest BCUT2D eigenvalue weighted by Gasteiger charge is -2.39. The number of carbonyl (C=O) groups excluding carboxylic acids is 1. The van der Waals surface area contributed by atoms with Crippen LogP contribution < -0.4 is 0 Å². The molecule has 1 rings (SSSR count). The van der Waals surface area contributed by atoms with Crippen molar-refractivity contribution in [2.45, 2.75) is 33.0 Å². The van der Waals surface area contributed by atoms with Crippen LogP contribution in [0.1, 0.15) is 27.2 Å². The van der Waals surface area contributed by atoms with Gasteiger partial charge in [0.2, 0.25) is 5.79 Å². The zero-order chi connectivity index (χ0) is 11.3. The van der Waals surface area contributed by atoms with Crippen LogP contribution in [0.2, 0.25) is 0 Å². The van der Waals surface area contributed by atoms with E-state index >= 15 is 0 Å². The van der Waals surface area contributed by atoms with Crippen molar-refractivity contribution in [2.75, 3.05) is 19.8 Å². The lowest BCUT2D eigenvalue weighted by atomic mass is 9.90. The Morgan fingerprint density at radius 1 is 1.27 bits per heavy atom. The molecule has 4 heteroatoms. The van der Waals surface area contributed by atoms with Crippen LogP contribution in [0, 0.1) is 0 Å². The lowest BCUT2D eigenvalue weighted by molar-refractivity contribution is -0.220. The summed E-state index contributed by atoms with van der Waals surface area (Å²) in [4.78, 5) is 11.5. The summed E-state index contributed by atoms with van der Waals surface area (Å²) >= 11 is 0. The van der Waals surface area contributed by atoms with Gasteiger partial charge in [-0.1, -0.05) is 6.08 Å². The molecule has 0 aromatic carbocycles. The van der Waals surface area contributed by atoms with Crippen LogP contribution in [0.3, 0.4) is 0 Å². The van der Waals surface area contributed by atoms with Crippen LogP contribution >= 0.6 is 0 Å². The van der Waals surface area contributed by atoms with Gasteiger partial charge in [0.15, 0.2) is 0 Å². The summed E-state index contributed by atoms with van der Waals surface area (Å²) in [5, 5.41) is 0. The summed E-state index contributed by atoms with van der Waals surface area (Å²) in [6.07, 6.45) is 2.41. The standard InChI is InChI=1S/C11H18O4/c1-4-13-10(12)9-7-8-11(9,14-5-2)15-6-3/h7H,4-6,8H2,1-3H3. The van der Waals surface area contributed by atoms with E-state index in [1.807, 2.05) is 13.8 Å². The number of hydrogen-bond acceptors (Lipinski definition) is 4. The second kappa shape index (κ2) is 5.28. The van der Waals surface area contributed by atoms with Gasteiger partial charge in [-0.15, -0.1) is 0 Å². The van der Waals surface area contributed by atoms with E-state index in [1.54, 1.807) is 13.0 Å². The fraction of sp³-hybridized carbons (Fsp3) is 0.727. The molecule has 0 heterocycles. The second-order valence-electron chi connectivity index (χ2n) is 3.16. The van der Waals surface area contributed by atoms with E-state index in [-0.39, 0.29) is 5.97 Å². The highest BCUT2D eigenvalue weighted by molar-refractivity contribution is 5.92. The van der Waals surface area contributed by atoms with Gasteiger partial charge in [0.25, 0.3) is 0 Å². The second-order valence-corrected chi connectivity index (χ2v) is 3.16. The van der Waals surface area contributed by atoms with E-state index in [0.29, 0.717) is 31.8 Å². The zero-order valence-electron chi connectivity index (χ0n) is 9.54. The van der Waals surface area contributed by atoms with E-state index in [0.717, 1.165) is 0 Å². The highest BCUT2D eigenvalue weighted by atomic mass is 16.7. The topological polar surface area (TPSA) is 44.8 Å². The Morgan fingerprint density at radius 2 is 1.87 bits per heavy atom. The molecule has 1 aliphatic carbocycles. The Balaban J connectivity index is 2.68. The smallest absolute Gasteiger partial charge is 0.339 e. The van der Waals surface area contributed by atoms with Crippen LogP contribution in [-0.4, -0.2) is 31.6 Å². The SMILES string of the molecule is CCOC(=O)C1=CCC1(OCC)OCC. The van der Waals surface area contributed by atoms with E-state index < -0.39 is 5.79 Å². The fourth-order valence-electron chi connectivity index (χ4n) is 1.60. The maximum Gasteiger partial charge on any atom is 0.339 e. The van der Waals surface area contributed by atoms with E-state index in [2.05, 4.69) is 0 Å². The van der Waals surface area contributed by atoms with Crippen LogP contribution in [0.25, 0.3) is 0 Å². The Kier molecular flexibility index (Phi) is 4.29. The zero-order valence-corrected chi connectivity index (χ0v) is 9.54. The predicted molar refractivity (Wildman–Crippen MR) is 55.3 cm³/mol. The molecule has 0 aliphatic heterocycles. The van der Waals surface area contributed by atoms with Crippen molar-refractivity contribution in [1.29, 1.82) is 0 Å². The Bertz CT molecular complexity index is 251. The Morgan fingerprint density at radius 3 is 2.20 bits per heavy atom. The van der Waals surface area contributed by atoms with Gasteiger partial charge >= 0.3 is 5.97 Å². The van der Waals surface area contributed by atoms with Crippen molar-refractivity contribution in [3.05, 3.63) is 11.6 Å². The van der Waals surface area contributed by atoms with E-state index in [9.17, 15) is 4.79 Å². The van der Waals surface area contributed by atoms with Gasteiger partial charge < -0.3 is 14.2 Å². The summed E-state index contributed by atoms with van der Waals surface area (Å²) in [6.45, 7) is 6.92. The third-order valence-corrected chi connectivity index (χ3v) is 2.24. The molecular weight excluding hydrogens is 196 g/mol. The first kappa shape index (κ1) is 12.2. The highest BCUT2D eigenvalue weighted by Gasteiger charge is 2.46. The maximum atomic E-state index is 11.5. The Hall–Kier alpha value is -0.870. The fourth-order valence-corrected chi connectivity index (χ4v) is 1.60. The van der Waals surface area contributed by atoms with Crippen molar-refractivity contribution in [2.24, 2.45) is 0 Å². The molecule has 0 atom stereocenters. The Labute approximate surface area is 90.2 Å². The van der Waals surface area contributed by atoms with Crippen molar-refractivity contribution in [3.63, 3.8) is 0 Å². The van der Waals surface area contributed by atoms with Gasteiger partial charge in [0.05, 0.1) is 12.2 Å². The number of carbonyl (C=O) groups is 1. The lowest BCUT2D eigenvalue weighted by Crippen LogP contribution is -2.46. The molecule has 0 N–H and O–H groups in total. The van der Waals surface area contributed by atoms with E-state index in [1.165, 1.54) is 0 Å². The van der Waals surface area contributed by atoms with Crippen LogP contribution in [-0.2, 0) is 19.0 Å². The molecule has 0 amide bonds. The van der Waals surface area contributed by atoms with Gasteiger partial charge in [0, 0.05) is 19.6 Å². The quantitative estimate of drug-likeness (QED) is 0.498. The van der Waals surface area contributed by atoms with Gasteiger partial charge in [-0.2, -0.15) is 0 Å². The number of ether oxygens (including phenoxy) is 3. The maximum absolute atomic E-state index is 11.5. The molecule has 0 bridgehead atoms. The van der Waals surface area contributed by atoms with Crippen molar-refractivity contribution >= 4 is 5.97 Å². The number of esters is 1. The first-order valence-electron chi connectivity index (χ1n) is 5.35. The van der Waals surface area contributed by atoms with Crippen LogP contribution in [0.4, 0.5) is 0 Å². The number of rotatable bonds is 6. The van der Waals surface area contributed by atoms with Crippen molar-refractivity contribution < 1.29 is 19.0 Å². The summed E-state index contributed by atoms with van der Waals surface area (Å²) in [6, 6.07) is 0. The van der Waals surface area contributed by atoms with Gasteiger partial charge in [0.1, 0.15) is 0 Å². The molecule has 0 aromatic heterocycles. The van der Waals surface area contributed by atoms with Gasteiger partial charge in [-0.05, 0) is 20.8 Å². The molecule has 4 nitrogen and oxygen atoms in total. The molecule has 1 aliphatic rings. The minimum atomic E-state index is -0.851. The molecular formula is C11H18O4. The van der Waals surface area contributed by atoms with Gasteiger partial charge in [-0.3, -0.25) is 0 Å². The first-order chi connectivity index (χ1) is 7.20. The van der Waals surface area contributed by atoms with Crippen LogP contribution in [0.5, 0.6) is 0 Å². The largest absolute Gasteiger partial charge is 0.462 e. The minimum absolute atomic E-state index is 0.342. The highest BCUT2D eigenvalue weighted by Crippen LogP contribution is 2.37. The normalized spacial score (nSPS) is 17.9. The third kappa shape index (κ3) is 2.38. The summed E-state index contributed by atoms with van der Waals surface area (Å²) in [7, 11) is 0. The van der Waals surface area contributed by atoms with Gasteiger partial charge in [-0.25, -0.2) is 4.79 Å². The van der Waals surface area contributed by atoms with Crippen LogP contribution in [0.15, 0.2) is 11.6 Å². The van der Waals surface area contributed by atoms with E-state index in [4.69, 9.17) is 14.2 Å². The summed E-state index contributed by atoms with van der Waals surface area (Å²) < 4.78 is 15.9. The molecule has 15 heavy (non-hydrogen) atoms. The summed E-state index contributed by atoms with van der Waals surface area (Å²) in [5.41, 5.74) is 0.494. The molecule has 0 aromatic rings. The molecule has 0 spiro atoms. The molecule has 0 saturated heterocycles. The summed E-state index contributed by atoms with van der Waals surface area (Å²) in [5.74, 6) is -1.19. The third-order valence-electron chi connectivity index (χ3n) is 2.24. The molecule has 0 unspecified atom stereocenters. The van der Waals surface area contributed by atoms with Crippen molar-refractivity contribution in [3.8, 4) is 0 Å². The average molecular weight is 214 g/mol. The van der Waals surface area contributed by atoms with Crippen molar-refractivity contribution in [1.82, 2.24) is 0 Å². The average Bonchev–Trinajstić information content (AvgIpc) is 2.16. The monoisotopic (exact) mass is 214 g/mol. The molecule has 86 valence electrons. The first-order valence-corrected chi connectivity index (χ1v) is 5.35. The number of hydrogen-bond donors (Lipinski definition) is 0.